The molecule has 0 heterocycles. The van der Waals surface area contributed by atoms with Crippen LogP contribution in [0.15, 0.2) is 29.2 Å². The number of likely N-dealkylation sites (N-methyl/N-ethyl adjacent to an activating group) is 1. The predicted octanol–water partition coefficient (Wildman–Crippen LogP) is 1.50. The van der Waals surface area contributed by atoms with Crippen molar-refractivity contribution < 1.29 is 13.5 Å². The Hall–Kier alpha value is -0.950. The van der Waals surface area contributed by atoms with Crippen LogP contribution >= 0.6 is 0 Å². The Bertz CT molecular complexity index is 565. The molecule has 0 spiro atoms. The second kappa shape index (κ2) is 6.44. The highest BCUT2D eigenvalue weighted by Crippen LogP contribution is 2.26. The van der Waals surface area contributed by atoms with Gasteiger partial charge in [0.1, 0.15) is 0 Å². The highest BCUT2D eigenvalue weighted by Gasteiger charge is 2.29. The second-order valence-corrected chi connectivity index (χ2v) is 7.61. The molecule has 0 amide bonds. The predicted molar refractivity (Wildman–Crippen MR) is 82.5 cm³/mol. The molecule has 1 saturated carbocycles. The normalized spacial score (nSPS) is 18.7. The lowest BCUT2D eigenvalue weighted by atomic mass is 10.1. The maximum atomic E-state index is 12.2. The van der Waals surface area contributed by atoms with Gasteiger partial charge in [-0.05, 0) is 51.4 Å². The van der Waals surface area contributed by atoms with Crippen LogP contribution in [-0.2, 0) is 10.0 Å². The van der Waals surface area contributed by atoms with Crippen molar-refractivity contribution in [2.24, 2.45) is 0 Å². The van der Waals surface area contributed by atoms with Gasteiger partial charge in [0.15, 0.2) is 0 Å². The monoisotopic (exact) mass is 312 g/mol. The minimum Gasteiger partial charge on any atom is -0.389 e. The lowest BCUT2D eigenvalue weighted by molar-refractivity contribution is 0.199. The molecule has 2 N–H and O–H groups in total. The summed E-state index contributed by atoms with van der Waals surface area (Å²) in [5, 5.41) is 9.44. The molecule has 1 fully saturated rings. The molecule has 21 heavy (non-hydrogen) atoms. The molecule has 0 radical (unpaired) electrons. The molecular formula is C15H24N2O3S. The number of hydrogen-bond acceptors (Lipinski definition) is 4. The Morgan fingerprint density at radius 3 is 2.33 bits per heavy atom. The van der Waals surface area contributed by atoms with E-state index in [0.717, 1.165) is 0 Å². The summed E-state index contributed by atoms with van der Waals surface area (Å²) in [6, 6.07) is 7.11. The quantitative estimate of drug-likeness (QED) is 0.800. The van der Waals surface area contributed by atoms with Crippen LogP contribution in [0.5, 0.6) is 0 Å². The van der Waals surface area contributed by atoms with Crippen molar-refractivity contribution in [1.29, 1.82) is 0 Å². The Kier molecular flexibility index (Phi) is 5.03. The largest absolute Gasteiger partial charge is 0.389 e. The van der Waals surface area contributed by atoms with Crippen LogP contribution in [0.4, 0.5) is 0 Å². The lowest BCUT2D eigenvalue weighted by Crippen LogP contribution is -2.41. The molecule has 1 aliphatic carbocycles. The van der Waals surface area contributed by atoms with Crippen LogP contribution in [0.25, 0.3) is 0 Å². The maximum absolute atomic E-state index is 12.2. The average molecular weight is 312 g/mol. The third kappa shape index (κ3) is 4.26. The maximum Gasteiger partial charge on any atom is 0.240 e. The highest BCUT2D eigenvalue weighted by atomic mass is 32.2. The van der Waals surface area contributed by atoms with Gasteiger partial charge in [0.25, 0.3) is 0 Å². The van der Waals surface area contributed by atoms with Crippen LogP contribution in [-0.4, -0.2) is 44.1 Å². The van der Waals surface area contributed by atoms with Crippen molar-refractivity contribution in [3.8, 4) is 0 Å². The molecule has 0 aliphatic heterocycles. The standard InChI is InChI=1S/C15H24N2O3S/c1-11(17(3)14-6-7-14)10-16-21(19,20)15-8-4-13(5-9-15)12(2)18/h4-5,8-9,11-12,14,16,18H,6-7,10H2,1-3H3. The van der Waals surface area contributed by atoms with Gasteiger partial charge in [0.05, 0.1) is 11.0 Å². The van der Waals surface area contributed by atoms with Crippen LogP contribution in [0.3, 0.4) is 0 Å². The summed E-state index contributed by atoms with van der Waals surface area (Å²) >= 11 is 0. The topological polar surface area (TPSA) is 69.6 Å². The van der Waals surface area contributed by atoms with E-state index in [-0.39, 0.29) is 10.9 Å². The fraction of sp³-hybridized carbons (Fsp3) is 0.600. The molecule has 5 nitrogen and oxygen atoms in total. The van der Waals surface area contributed by atoms with Gasteiger partial charge in [-0.2, -0.15) is 0 Å². The second-order valence-electron chi connectivity index (χ2n) is 5.84. The Morgan fingerprint density at radius 2 is 1.86 bits per heavy atom. The fourth-order valence-corrected chi connectivity index (χ4v) is 3.35. The van der Waals surface area contributed by atoms with E-state index in [1.165, 1.54) is 25.0 Å². The molecule has 6 heteroatoms. The summed E-state index contributed by atoms with van der Waals surface area (Å²) in [4.78, 5) is 2.45. The molecule has 2 unspecified atom stereocenters. The molecule has 0 bridgehead atoms. The molecule has 1 aromatic carbocycles. The van der Waals surface area contributed by atoms with Crippen molar-refractivity contribution in [1.82, 2.24) is 9.62 Å². The first-order valence-corrected chi connectivity index (χ1v) is 8.79. The van der Waals surface area contributed by atoms with E-state index < -0.39 is 16.1 Å². The van der Waals surface area contributed by atoms with Gasteiger partial charge >= 0.3 is 0 Å². The van der Waals surface area contributed by atoms with Gasteiger partial charge in [-0.1, -0.05) is 12.1 Å². The van der Waals surface area contributed by atoms with Gasteiger partial charge in [-0.3, -0.25) is 4.90 Å². The van der Waals surface area contributed by atoms with E-state index in [9.17, 15) is 13.5 Å². The Morgan fingerprint density at radius 1 is 1.29 bits per heavy atom. The van der Waals surface area contributed by atoms with Crippen LogP contribution < -0.4 is 4.72 Å². The van der Waals surface area contributed by atoms with E-state index in [0.29, 0.717) is 18.2 Å². The van der Waals surface area contributed by atoms with Gasteiger partial charge in [0, 0.05) is 18.6 Å². The first-order valence-electron chi connectivity index (χ1n) is 7.31. The first kappa shape index (κ1) is 16.4. The molecule has 0 saturated heterocycles. The number of hydrogen-bond donors (Lipinski definition) is 2. The zero-order valence-corrected chi connectivity index (χ0v) is 13.6. The van der Waals surface area contributed by atoms with Gasteiger partial charge in [-0.15, -0.1) is 0 Å². The molecule has 2 atom stereocenters. The summed E-state index contributed by atoms with van der Waals surface area (Å²) in [5.41, 5.74) is 0.704. The molecule has 0 aromatic heterocycles. The summed E-state index contributed by atoms with van der Waals surface area (Å²) in [6.07, 6.45) is 1.81. The number of aliphatic hydroxyl groups excluding tert-OH is 1. The molecule has 1 aromatic rings. The van der Waals surface area contributed by atoms with Crippen molar-refractivity contribution in [3.05, 3.63) is 29.8 Å². The number of nitrogens with one attached hydrogen (secondary N) is 1. The van der Waals surface area contributed by atoms with E-state index in [1.54, 1.807) is 19.1 Å². The van der Waals surface area contributed by atoms with Crippen molar-refractivity contribution in [2.75, 3.05) is 13.6 Å². The lowest BCUT2D eigenvalue weighted by Gasteiger charge is -2.24. The number of sulfonamides is 1. The zero-order valence-electron chi connectivity index (χ0n) is 12.8. The van der Waals surface area contributed by atoms with Crippen molar-refractivity contribution in [3.63, 3.8) is 0 Å². The summed E-state index contributed by atoms with van der Waals surface area (Å²) in [7, 11) is -1.46. The van der Waals surface area contributed by atoms with E-state index in [4.69, 9.17) is 0 Å². The number of nitrogens with zero attached hydrogens (tertiary/aromatic N) is 1. The molecule has 2 rings (SSSR count). The molecular weight excluding hydrogens is 288 g/mol. The van der Waals surface area contributed by atoms with Gasteiger partial charge in [-0.25, -0.2) is 13.1 Å². The highest BCUT2D eigenvalue weighted by molar-refractivity contribution is 7.89. The summed E-state index contributed by atoms with van der Waals surface area (Å²) in [6.45, 7) is 4.07. The van der Waals surface area contributed by atoms with E-state index >= 15 is 0 Å². The third-order valence-corrected chi connectivity index (χ3v) is 5.50. The average Bonchev–Trinajstić information content (AvgIpc) is 3.28. The number of benzene rings is 1. The SMILES string of the molecule is CC(O)c1ccc(S(=O)(=O)NCC(C)N(C)C2CC2)cc1. The van der Waals surface area contributed by atoms with E-state index in [1.807, 2.05) is 14.0 Å². The minimum atomic E-state index is -3.49. The smallest absolute Gasteiger partial charge is 0.240 e. The molecule has 1 aliphatic rings. The van der Waals surface area contributed by atoms with Crippen LogP contribution in [0, 0.1) is 0 Å². The third-order valence-electron chi connectivity index (χ3n) is 4.06. The minimum absolute atomic E-state index is 0.170. The number of rotatable bonds is 7. The van der Waals surface area contributed by atoms with Gasteiger partial charge < -0.3 is 5.11 Å². The van der Waals surface area contributed by atoms with Crippen molar-refractivity contribution >= 4 is 10.0 Å². The fourth-order valence-electron chi connectivity index (χ4n) is 2.22. The molecule has 118 valence electrons. The summed E-state index contributed by atoms with van der Waals surface area (Å²) < 4.78 is 27.1. The van der Waals surface area contributed by atoms with Crippen molar-refractivity contribution in [2.45, 2.75) is 49.8 Å². The Labute approximate surface area is 127 Å². The number of aliphatic hydroxyl groups is 1. The van der Waals surface area contributed by atoms with E-state index in [2.05, 4.69) is 9.62 Å². The Balaban J connectivity index is 1.97. The summed E-state index contributed by atoms with van der Waals surface area (Å²) in [5.74, 6) is 0. The van der Waals surface area contributed by atoms with Crippen LogP contribution in [0.1, 0.15) is 38.4 Å². The zero-order chi connectivity index (χ0) is 15.6. The first-order chi connectivity index (χ1) is 9.81. The van der Waals surface area contributed by atoms with Crippen LogP contribution in [0.2, 0.25) is 0 Å². The van der Waals surface area contributed by atoms with Gasteiger partial charge in [0.2, 0.25) is 10.0 Å².